The molecule has 1 aliphatic carbocycles. The fraction of sp³-hybridized carbons (Fsp3) is 0.643. The van der Waals surface area contributed by atoms with Crippen LogP contribution in [0.2, 0.25) is 0 Å². The van der Waals surface area contributed by atoms with E-state index in [1.807, 2.05) is 0 Å². The second-order valence-electron chi connectivity index (χ2n) is 5.79. The van der Waals surface area contributed by atoms with Crippen LogP contribution in [0.15, 0.2) is 12.1 Å². The summed E-state index contributed by atoms with van der Waals surface area (Å²) in [6.07, 6.45) is 0.982. The summed E-state index contributed by atoms with van der Waals surface area (Å²) >= 11 is 0. The first-order valence-corrected chi connectivity index (χ1v) is 7.53. The number of halogens is 3. The Labute approximate surface area is 125 Å². The number of nitrogens with zero attached hydrogens (tertiary/aromatic N) is 4. The highest BCUT2D eigenvalue weighted by Gasteiger charge is 2.37. The summed E-state index contributed by atoms with van der Waals surface area (Å²) in [6.45, 7) is 2.17. The van der Waals surface area contributed by atoms with E-state index in [-0.39, 0.29) is 11.7 Å². The van der Waals surface area contributed by atoms with Gasteiger partial charge < -0.3 is 5.32 Å². The Morgan fingerprint density at radius 2 is 2.09 bits per heavy atom. The normalized spacial score (nSPS) is 22.9. The first-order valence-electron chi connectivity index (χ1n) is 7.53. The van der Waals surface area contributed by atoms with Gasteiger partial charge in [0.15, 0.2) is 5.65 Å². The van der Waals surface area contributed by atoms with Crippen molar-refractivity contribution in [2.75, 3.05) is 5.32 Å². The van der Waals surface area contributed by atoms with Crippen LogP contribution < -0.4 is 5.32 Å². The van der Waals surface area contributed by atoms with Gasteiger partial charge in [-0.25, -0.2) is 0 Å². The summed E-state index contributed by atoms with van der Waals surface area (Å²) in [4.78, 5) is 0. The lowest BCUT2D eigenvalue weighted by molar-refractivity contribution is -0.146. The van der Waals surface area contributed by atoms with Gasteiger partial charge >= 0.3 is 6.18 Å². The molecule has 3 rings (SSSR count). The van der Waals surface area contributed by atoms with Gasteiger partial charge in [0.25, 0.3) is 5.82 Å². The minimum Gasteiger partial charge on any atom is -0.366 e. The molecule has 5 nitrogen and oxygen atoms in total. The molecule has 0 spiro atoms. The molecule has 1 aliphatic rings. The number of aromatic nitrogens is 4. The van der Waals surface area contributed by atoms with Gasteiger partial charge in [0.05, 0.1) is 0 Å². The molecular formula is C14H18F3N5. The highest BCUT2D eigenvalue weighted by molar-refractivity contribution is 5.44. The largest absolute Gasteiger partial charge is 0.453 e. The first-order chi connectivity index (χ1) is 10.5. The number of fused-ring (bicyclic) bond motifs is 1. The van der Waals surface area contributed by atoms with Crippen LogP contribution in [0.3, 0.4) is 0 Å². The standard InChI is InChI=1S/C14H18F3N5/c1-2-9-4-3-5-10(8-9)18-11-6-7-12-19-20-13(14(15,16)17)22(12)21-11/h6-7,9-10H,2-5,8H2,1H3,(H,18,21). The predicted octanol–water partition coefficient (Wildman–Crippen LogP) is 3.52. The lowest BCUT2D eigenvalue weighted by Gasteiger charge is -2.29. The average Bonchev–Trinajstić information content (AvgIpc) is 2.90. The van der Waals surface area contributed by atoms with Gasteiger partial charge in [0.1, 0.15) is 5.82 Å². The predicted molar refractivity (Wildman–Crippen MR) is 75.4 cm³/mol. The molecule has 1 N–H and O–H groups in total. The lowest BCUT2D eigenvalue weighted by atomic mass is 9.84. The molecular weight excluding hydrogens is 295 g/mol. The van der Waals surface area contributed by atoms with Crippen LogP contribution in [0.5, 0.6) is 0 Å². The Kier molecular flexibility index (Phi) is 3.92. The zero-order chi connectivity index (χ0) is 15.7. The second kappa shape index (κ2) is 5.73. The van der Waals surface area contributed by atoms with Crippen molar-refractivity contribution in [3.8, 4) is 0 Å². The van der Waals surface area contributed by atoms with Crippen molar-refractivity contribution in [3.63, 3.8) is 0 Å². The molecule has 0 amide bonds. The van der Waals surface area contributed by atoms with Gasteiger partial charge in [-0.05, 0) is 30.9 Å². The lowest BCUT2D eigenvalue weighted by Crippen LogP contribution is -2.27. The van der Waals surface area contributed by atoms with Crippen molar-refractivity contribution in [1.29, 1.82) is 0 Å². The van der Waals surface area contributed by atoms with E-state index >= 15 is 0 Å². The molecule has 0 aromatic carbocycles. The van der Waals surface area contributed by atoms with E-state index in [0.717, 1.165) is 30.2 Å². The van der Waals surface area contributed by atoms with E-state index in [4.69, 9.17) is 0 Å². The van der Waals surface area contributed by atoms with Crippen molar-refractivity contribution in [2.24, 2.45) is 5.92 Å². The third-order valence-corrected chi connectivity index (χ3v) is 4.23. The number of rotatable bonds is 3. The molecule has 2 unspecified atom stereocenters. The van der Waals surface area contributed by atoms with E-state index in [1.54, 1.807) is 6.07 Å². The minimum atomic E-state index is -4.57. The van der Waals surface area contributed by atoms with Crippen LogP contribution >= 0.6 is 0 Å². The van der Waals surface area contributed by atoms with Crippen molar-refractivity contribution >= 4 is 11.5 Å². The van der Waals surface area contributed by atoms with Gasteiger partial charge in [-0.3, -0.25) is 0 Å². The molecule has 2 atom stereocenters. The smallest absolute Gasteiger partial charge is 0.366 e. The Hall–Kier alpha value is -1.86. The molecule has 0 saturated heterocycles. The third-order valence-electron chi connectivity index (χ3n) is 4.23. The van der Waals surface area contributed by atoms with E-state index in [0.29, 0.717) is 11.7 Å². The molecule has 0 radical (unpaired) electrons. The number of hydrogen-bond donors (Lipinski definition) is 1. The molecule has 8 heteroatoms. The van der Waals surface area contributed by atoms with Crippen molar-refractivity contribution in [2.45, 2.75) is 51.2 Å². The maximum Gasteiger partial charge on any atom is 0.453 e. The van der Waals surface area contributed by atoms with Crippen molar-refractivity contribution in [1.82, 2.24) is 19.8 Å². The van der Waals surface area contributed by atoms with E-state index < -0.39 is 12.0 Å². The Balaban J connectivity index is 1.82. The molecule has 0 aliphatic heterocycles. The van der Waals surface area contributed by atoms with Crippen LogP contribution in [-0.2, 0) is 6.18 Å². The molecule has 1 fully saturated rings. The Morgan fingerprint density at radius 1 is 1.27 bits per heavy atom. The summed E-state index contributed by atoms with van der Waals surface area (Å²) in [5.74, 6) is 0.0106. The highest BCUT2D eigenvalue weighted by Crippen LogP contribution is 2.29. The average molecular weight is 313 g/mol. The Bertz CT molecular complexity index is 651. The Morgan fingerprint density at radius 3 is 2.82 bits per heavy atom. The zero-order valence-electron chi connectivity index (χ0n) is 12.3. The van der Waals surface area contributed by atoms with Crippen LogP contribution in [0.4, 0.5) is 19.0 Å². The van der Waals surface area contributed by atoms with E-state index in [2.05, 4.69) is 27.5 Å². The van der Waals surface area contributed by atoms with Crippen molar-refractivity contribution < 1.29 is 13.2 Å². The second-order valence-corrected chi connectivity index (χ2v) is 5.79. The van der Waals surface area contributed by atoms with Crippen LogP contribution in [0.1, 0.15) is 44.9 Å². The van der Waals surface area contributed by atoms with Gasteiger partial charge in [-0.15, -0.1) is 15.3 Å². The molecule has 2 heterocycles. The summed E-state index contributed by atoms with van der Waals surface area (Å²) < 4.78 is 39.3. The quantitative estimate of drug-likeness (QED) is 0.942. The maximum atomic E-state index is 12.9. The monoisotopic (exact) mass is 313 g/mol. The topological polar surface area (TPSA) is 55.1 Å². The van der Waals surface area contributed by atoms with Gasteiger partial charge in [-0.2, -0.15) is 17.7 Å². The van der Waals surface area contributed by atoms with E-state index in [1.165, 1.54) is 12.5 Å². The molecule has 2 aromatic rings. The maximum absolute atomic E-state index is 12.9. The summed E-state index contributed by atoms with van der Waals surface area (Å²) in [7, 11) is 0. The number of anilines is 1. The third kappa shape index (κ3) is 3.00. The van der Waals surface area contributed by atoms with Gasteiger partial charge in [0, 0.05) is 6.04 Å². The molecule has 22 heavy (non-hydrogen) atoms. The van der Waals surface area contributed by atoms with Crippen LogP contribution in [-0.4, -0.2) is 25.9 Å². The summed E-state index contributed by atoms with van der Waals surface area (Å²) in [5, 5.41) is 13.9. The van der Waals surface area contributed by atoms with Gasteiger partial charge in [0.2, 0.25) is 0 Å². The summed E-state index contributed by atoms with van der Waals surface area (Å²) in [6, 6.07) is 3.41. The molecule has 0 bridgehead atoms. The SMILES string of the molecule is CCC1CCCC(Nc2ccc3nnc(C(F)(F)F)n3n2)C1. The van der Waals surface area contributed by atoms with Crippen molar-refractivity contribution in [3.05, 3.63) is 18.0 Å². The van der Waals surface area contributed by atoms with E-state index in [9.17, 15) is 13.2 Å². The fourth-order valence-electron chi connectivity index (χ4n) is 3.04. The fourth-order valence-corrected chi connectivity index (χ4v) is 3.04. The number of alkyl halides is 3. The van der Waals surface area contributed by atoms with Crippen LogP contribution in [0, 0.1) is 5.92 Å². The molecule has 1 saturated carbocycles. The minimum absolute atomic E-state index is 0.0907. The molecule has 120 valence electrons. The number of hydrogen-bond acceptors (Lipinski definition) is 4. The van der Waals surface area contributed by atoms with Gasteiger partial charge in [-0.1, -0.05) is 26.2 Å². The highest BCUT2D eigenvalue weighted by atomic mass is 19.4. The van der Waals surface area contributed by atoms with Crippen LogP contribution in [0.25, 0.3) is 5.65 Å². The summed E-state index contributed by atoms with van der Waals surface area (Å²) in [5.41, 5.74) is 0.0907. The number of nitrogens with one attached hydrogen (secondary N) is 1. The zero-order valence-corrected chi connectivity index (χ0v) is 12.3. The molecule has 2 aromatic heterocycles. The first kappa shape index (κ1) is 15.1.